The minimum atomic E-state index is -3.80. The lowest BCUT2D eigenvalue weighted by atomic mass is 9.96. The van der Waals surface area contributed by atoms with Crippen molar-refractivity contribution >= 4 is 33.2 Å². The van der Waals surface area contributed by atoms with E-state index in [2.05, 4.69) is 20.4 Å². The summed E-state index contributed by atoms with van der Waals surface area (Å²) < 4.78 is 43.9. The maximum atomic E-state index is 13.2. The fourth-order valence-corrected chi connectivity index (χ4v) is 6.42. The lowest BCUT2D eigenvalue weighted by molar-refractivity contribution is -0.121. The molecule has 11 nitrogen and oxygen atoms in total. The molecule has 2 aliphatic rings. The smallest absolute Gasteiger partial charge is 0.246 e. The van der Waals surface area contributed by atoms with Gasteiger partial charge in [0.05, 0.1) is 26.9 Å². The van der Waals surface area contributed by atoms with E-state index in [1.54, 1.807) is 24.3 Å². The minimum Gasteiger partial charge on any atom is -0.495 e. The maximum absolute atomic E-state index is 13.2. The minimum absolute atomic E-state index is 0.0250. The van der Waals surface area contributed by atoms with Crippen LogP contribution >= 0.6 is 11.6 Å². The first kappa shape index (κ1) is 27.5. The molecule has 0 radical (unpaired) electrons. The SMILES string of the molecule is COc1ccc(NC(=O)C2CCN(Cc3nc(-c4ccc(Cl)cc4)no3)CC2)cc1S(=O)(=O)N1CCOCC1. The van der Waals surface area contributed by atoms with E-state index in [1.165, 1.54) is 17.5 Å². The van der Waals surface area contributed by atoms with Gasteiger partial charge in [-0.1, -0.05) is 16.8 Å². The number of ether oxygens (including phenoxy) is 2. The average Bonchev–Trinajstić information content (AvgIpc) is 3.42. The highest BCUT2D eigenvalue weighted by molar-refractivity contribution is 7.89. The molecule has 0 bridgehead atoms. The second-order valence-corrected chi connectivity index (χ2v) is 11.8. The first-order valence-electron chi connectivity index (χ1n) is 12.7. The van der Waals surface area contributed by atoms with Crippen LogP contribution in [0.3, 0.4) is 0 Å². The number of rotatable bonds is 8. The number of carbonyl (C=O) groups excluding carboxylic acids is 1. The normalized spacial score (nSPS) is 17.7. The molecule has 3 heterocycles. The van der Waals surface area contributed by atoms with Crippen molar-refractivity contribution in [3.63, 3.8) is 0 Å². The molecular weight excluding hydrogens is 546 g/mol. The molecule has 1 N–H and O–H groups in total. The van der Waals surface area contributed by atoms with Gasteiger partial charge in [-0.25, -0.2) is 8.42 Å². The van der Waals surface area contributed by atoms with Crippen LogP contribution in [0.2, 0.25) is 5.02 Å². The van der Waals surface area contributed by atoms with Crippen LogP contribution in [-0.2, 0) is 26.1 Å². The summed E-state index contributed by atoms with van der Waals surface area (Å²) >= 11 is 5.94. The van der Waals surface area contributed by atoms with Gasteiger partial charge in [0.1, 0.15) is 10.6 Å². The number of methoxy groups -OCH3 is 1. The van der Waals surface area contributed by atoms with E-state index < -0.39 is 10.0 Å². The summed E-state index contributed by atoms with van der Waals surface area (Å²) in [5.74, 6) is 0.904. The summed E-state index contributed by atoms with van der Waals surface area (Å²) in [5.41, 5.74) is 1.24. The number of amides is 1. The number of nitrogens with zero attached hydrogens (tertiary/aromatic N) is 4. The van der Waals surface area contributed by atoms with E-state index in [1.807, 2.05) is 12.1 Å². The number of morpholine rings is 1. The zero-order valence-electron chi connectivity index (χ0n) is 21.5. The van der Waals surface area contributed by atoms with Crippen molar-refractivity contribution in [3.05, 3.63) is 53.4 Å². The lowest BCUT2D eigenvalue weighted by Gasteiger charge is -2.30. The zero-order chi connectivity index (χ0) is 27.4. The number of anilines is 1. The number of carbonyl (C=O) groups is 1. The van der Waals surface area contributed by atoms with Crippen LogP contribution in [0.1, 0.15) is 18.7 Å². The van der Waals surface area contributed by atoms with Gasteiger partial charge in [-0.2, -0.15) is 9.29 Å². The summed E-state index contributed by atoms with van der Waals surface area (Å²) in [7, 11) is -2.38. The van der Waals surface area contributed by atoms with Gasteiger partial charge in [-0.3, -0.25) is 9.69 Å². The number of likely N-dealkylation sites (tertiary alicyclic amines) is 1. The van der Waals surface area contributed by atoms with E-state index in [0.29, 0.717) is 68.1 Å². The van der Waals surface area contributed by atoms with Crippen LogP contribution in [-0.4, -0.2) is 80.2 Å². The van der Waals surface area contributed by atoms with Gasteiger partial charge in [0.2, 0.25) is 27.6 Å². The summed E-state index contributed by atoms with van der Waals surface area (Å²) in [6.45, 7) is 3.10. The van der Waals surface area contributed by atoms with Crippen molar-refractivity contribution in [1.29, 1.82) is 0 Å². The number of aromatic nitrogens is 2. The molecule has 2 saturated heterocycles. The Balaban J connectivity index is 1.17. The number of hydrogen-bond acceptors (Lipinski definition) is 9. The summed E-state index contributed by atoms with van der Waals surface area (Å²) in [6, 6.07) is 11.9. The Hall–Kier alpha value is -3.03. The fourth-order valence-electron chi connectivity index (χ4n) is 4.71. The highest BCUT2D eigenvalue weighted by Crippen LogP contribution is 2.31. The van der Waals surface area contributed by atoms with Gasteiger partial charge in [0.25, 0.3) is 0 Å². The van der Waals surface area contributed by atoms with Crippen molar-refractivity contribution in [2.45, 2.75) is 24.3 Å². The van der Waals surface area contributed by atoms with E-state index in [-0.39, 0.29) is 35.6 Å². The third kappa shape index (κ3) is 6.42. The number of nitrogens with one attached hydrogen (secondary N) is 1. The van der Waals surface area contributed by atoms with Crippen LogP contribution in [0.25, 0.3) is 11.4 Å². The molecule has 2 aliphatic heterocycles. The van der Waals surface area contributed by atoms with Gasteiger partial charge < -0.3 is 19.3 Å². The van der Waals surface area contributed by atoms with Crippen molar-refractivity contribution in [2.24, 2.45) is 5.92 Å². The van der Waals surface area contributed by atoms with E-state index in [4.69, 9.17) is 25.6 Å². The van der Waals surface area contributed by atoms with Gasteiger partial charge in [-0.15, -0.1) is 0 Å². The molecule has 2 aromatic carbocycles. The number of benzene rings is 2. The number of halogens is 1. The lowest BCUT2D eigenvalue weighted by Crippen LogP contribution is -2.40. The van der Waals surface area contributed by atoms with Crippen molar-refractivity contribution in [3.8, 4) is 17.1 Å². The molecule has 1 amide bonds. The summed E-state index contributed by atoms with van der Waals surface area (Å²) in [4.78, 5) is 19.7. The zero-order valence-corrected chi connectivity index (χ0v) is 23.1. The Bertz CT molecular complexity index is 1400. The Morgan fingerprint density at radius 1 is 1.10 bits per heavy atom. The van der Waals surface area contributed by atoms with Crippen molar-refractivity contribution < 1.29 is 27.2 Å². The molecule has 13 heteroatoms. The highest BCUT2D eigenvalue weighted by Gasteiger charge is 2.31. The molecule has 208 valence electrons. The molecule has 3 aromatic rings. The Kier molecular flexibility index (Phi) is 8.48. The predicted molar refractivity (Wildman–Crippen MR) is 144 cm³/mol. The van der Waals surface area contributed by atoms with Crippen LogP contribution in [0.15, 0.2) is 51.9 Å². The Labute approximate surface area is 232 Å². The molecule has 0 atom stereocenters. The third-order valence-electron chi connectivity index (χ3n) is 6.91. The van der Waals surface area contributed by atoms with Gasteiger partial charge in [0, 0.05) is 35.3 Å². The molecule has 39 heavy (non-hydrogen) atoms. The molecule has 2 fully saturated rings. The number of sulfonamides is 1. The number of piperidine rings is 1. The molecule has 0 aliphatic carbocycles. The van der Waals surface area contributed by atoms with Gasteiger partial charge >= 0.3 is 0 Å². The Morgan fingerprint density at radius 2 is 1.82 bits per heavy atom. The first-order valence-corrected chi connectivity index (χ1v) is 14.5. The molecule has 1 aromatic heterocycles. The monoisotopic (exact) mass is 575 g/mol. The van der Waals surface area contributed by atoms with Gasteiger partial charge in [0.15, 0.2) is 0 Å². The predicted octanol–water partition coefficient (Wildman–Crippen LogP) is 3.27. The summed E-state index contributed by atoms with van der Waals surface area (Å²) in [6.07, 6.45) is 1.30. The van der Waals surface area contributed by atoms with Crippen molar-refractivity contribution in [2.75, 3.05) is 51.8 Å². The summed E-state index contributed by atoms with van der Waals surface area (Å²) in [5, 5.41) is 7.59. The van der Waals surface area contributed by atoms with Crippen LogP contribution in [0, 0.1) is 5.92 Å². The quantitative estimate of drug-likeness (QED) is 0.430. The number of hydrogen-bond donors (Lipinski definition) is 1. The van der Waals surface area contributed by atoms with Crippen LogP contribution in [0.5, 0.6) is 5.75 Å². The van der Waals surface area contributed by atoms with E-state index in [0.717, 1.165) is 5.56 Å². The topological polar surface area (TPSA) is 127 Å². The van der Waals surface area contributed by atoms with Crippen LogP contribution in [0.4, 0.5) is 5.69 Å². The van der Waals surface area contributed by atoms with Gasteiger partial charge in [-0.05, 0) is 68.4 Å². The molecule has 5 rings (SSSR count). The maximum Gasteiger partial charge on any atom is 0.246 e. The van der Waals surface area contributed by atoms with Crippen molar-refractivity contribution in [1.82, 2.24) is 19.3 Å². The average molecular weight is 576 g/mol. The van der Waals surface area contributed by atoms with E-state index in [9.17, 15) is 13.2 Å². The largest absolute Gasteiger partial charge is 0.495 e. The molecule has 0 saturated carbocycles. The highest BCUT2D eigenvalue weighted by atomic mass is 35.5. The molecular formula is C26H30ClN5O6S. The third-order valence-corrected chi connectivity index (χ3v) is 9.08. The standard InChI is InChI=1S/C26H30ClN5O6S/c1-36-22-7-6-21(16-23(22)39(34,35)32-12-14-37-15-13-32)28-26(33)19-8-10-31(11-9-19)17-24-29-25(30-38-24)18-2-4-20(27)5-3-18/h2-7,16,19H,8-15,17H2,1H3,(H,28,33). The first-order chi connectivity index (χ1) is 18.8. The molecule has 0 spiro atoms. The fraction of sp³-hybridized carbons (Fsp3) is 0.423. The second-order valence-electron chi connectivity index (χ2n) is 9.44. The van der Waals surface area contributed by atoms with E-state index >= 15 is 0 Å². The molecule has 0 unspecified atom stereocenters. The van der Waals surface area contributed by atoms with Crippen LogP contribution < -0.4 is 10.1 Å². The second kappa shape index (κ2) is 12.0. The Morgan fingerprint density at radius 3 is 2.51 bits per heavy atom.